The van der Waals surface area contributed by atoms with Gasteiger partial charge in [0.25, 0.3) is 11.8 Å². The van der Waals surface area contributed by atoms with Gasteiger partial charge in [0.15, 0.2) is 0 Å². The summed E-state index contributed by atoms with van der Waals surface area (Å²) >= 11 is 0. The van der Waals surface area contributed by atoms with Gasteiger partial charge in [0.05, 0.1) is 22.5 Å². The summed E-state index contributed by atoms with van der Waals surface area (Å²) in [7, 11) is 0. The molecule has 0 saturated carbocycles. The molecular weight excluding hydrogens is 300 g/mol. The summed E-state index contributed by atoms with van der Waals surface area (Å²) in [6, 6.07) is 14.8. The fourth-order valence-corrected chi connectivity index (χ4v) is 3.64. The van der Waals surface area contributed by atoms with Crippen LogP contribution in [0.5, 0.6) is 0 Å². The van der Waals surface area contributed by atoms with Crippen LogP contribution in [-0.4, -0.2) is 24.9 Å². The van der Waals surface area contributed by atoms with Crippen LogP contribution >= 0.6 is 0 Å². The van der Waals surface area contributed by atoms with Crippen molar-refractivity contribution in [1.29, 1.82) is 0 Å². The number of anilines is 2. The molecule has 0 atom stereocenters. The van der Waals surface area contributed by atoms with Gasteiger partial charge in [-0.15, -0.1) is 0 Å². The topological polar surface area (TPSA) is 40.6 Å². The fourth-order valence-electron chi connectivity index (χ4n) is 3.64. The average Bonchev–Trinajstić information content (AvgIpc) is 2.80. The van der Waals surface area contributed by atoms with Crippen molar-refractivity contribution >= 4 is 23.2 Å². The van der Waals surface area contributed by atoms with E-state index in [-0.39, 0.29) is 11.8 Å². The highest BCUT2D eigenvalue weighted by molar-refractivity contribution is 6.35. The van der Waals surface area contributed by atoms with E-state index in [0.717, 1.165) is 31.6 Å². The van der Waals surface area contributed by atoms with Crippen molar-refractivity contribution in [3.63, 3.8) is 0 Å². The molecule has 0 N–H and O–H groups in total. The first-order valence-corrected chi connectivity index (χ1v) is 8.59. The number of rotatable bonds is 2. The predicted molar refractivity (Wildman–Crippen MR) is 94.7 cm³/mol. The maximum Gasteiger partial charge on any atom is 0.266 e. The SMILES string of the molecule is O=C1c2ccccc2C(=O)N1c1ccccc1N1CCCCCC1. The maximum absolute atomic E-state index is 12.8. The van der Waals surface area contributed by atoms with Crippen LogP contribution < -0.4 is 9.80 Å². The number of imide groups is 1. The Labute approximate surface area is 141 Å². The van der Waals surface area contributed by atoms with Crippen molar-refractivity contribution in [3.8, 4) is 0 Å². The second-order valence-corrected chi connectivity index (χ2v) is 6.38. The van der Waals surface area contributed by atoms with Gasteiger partial charge in [-0.25, -0.2) is 4.90 Å². The molecule has 0 unspecified atom stereocenters. The molecule has 2 aliphatic heterocycles. The summed E-state index contributed by atoms with van der Waals surface area (Å²) < 4.78 is 0. The van der Waals surface area contributed by atoms with E-state index >= 15 is 0 Å². The molecule has 2 amide bonds. The van der Waals surface area contributed by atoms with E-state index in [4.69, 9.17) is 0 Å². The van der Waals surface area contributed by atoms with Gasteiger partial charge < -0.3 is 4.90 Å². The van der Waals surface area contributed by atoms with Crippen molar-refractivity contribution in [2.45, 2.75) is 25.7 Å². The molecule has 2 heterocycles. The van der Waals surface area contributed by atoms with Gasteiger partial charge >= 0.3 is 0 Å². The smallest absolute Gasteiger partial charge is 0.266 e. The summed E-state index contributed by atoms with van der Waals surface area (Å²) in [5.41, 5.74) is 2.67. The van der Waals surface area contributed by atoms with Crippen molar-refractivity contribution < 1.29 is 9.59 Å². The van der Waals surface area contributed by atoms with E-state index in [2.05, 4.69) is 4.90 Å². The Balaban J connectivity index is 1.76. The van der Waals surface area contributed by atoms with E-state index < -0.39 is 0 Å². The molecule has 0 aliphatic carbocycles. The lowest BCUT2D eigenvalue weighted by atomic mass is 10.1. The molecule has 2 aliphatic rings. The normalized spacial score (nSPS) is 17.8. The van der Waals surface area contributed by atoms with Crippen LogP contribution in [0.15, 0.2) is 48.5 Å². The molecule has 0 aromatic heterocycles. The Hall–Kier alpha value is -2.62. The van der Waals surface area contributed by atoms with Crippen LogP contribution in [0, 0.1) is 0 Å². The molecule has 0 radical (unpaired) electrons. The quantitative estimate of drug-likeness (QED) is 0.789. The minimum Gasteiger partial charge on any atom is -0.370 e. The van der Waals surface area contributed by atoms with Crippen LogP contribution in [0.1, 0.15) is 46.4 Å². The third kappa shape index (κ3) is 2.39. The Morgan fingerprint density at radius 2 is 1.12 bits per heavy atom. The molecule has 2 aromatic carbocycles. The summed E-state index contributed by atoms with van der Waals surface area (Å²) in [4.78, 5) is 29.2. The predicted octanol–water partition coefficient (Wildman–Crippen LogP) is 3.87. The van der Waals surface area contributed by atoms with Gasteiger partial charge in [-0.1, -0.05) is 37.1 Å². The number of benzene rings is 2. The van der Waals surface area contributed by atoms with Crippen molar-refractivity contribution in [2.75, 3.05) is 22.9 Å². The number of nitrogens with zero attached hydrogens (tertiary/aromatic N) is 2. The number of amides is 2. The fraction of sp³-hybridized carbons (Fsp3) is 0.300. The minimum atomic E-state index is -0.224. The molecule has 122 valence electrons. The highest BCUT2D eigenvalue weighted by atomic mass is 16.2. The lowest BCUT2D eigenvalue weighted by molar-refractivity contribution is 0.0926. The van der Waals surface area contributed by atoms with Crippen molar-refractivity contribution in [1.82, 2.24) is 0 Å². The van der Waals surface area contributed by atoms with E-state index in [9.17, 15) is 9.59 Å². The van der Waals surface area contributed by atoms with Gasteiger partial charge in [0, 0.05) is 13.1 Å². The Kier molecular flexibility index (Phi) is 3.81. The lowest BCUT2D eigenvalue weighted by Crippen LogP contribution is -2.33. The Morgan fingerprint density at radius 3 is 1.71 bits per heavy atom. The number of carbonyl (C=O) groups is 2. The van der Waals surface area contributed by atoms with E-state index in [0.29, 0.717) is 16.8 Å². The first-order valence-electron chi connectivity index (χ1n) is 8.59. The van der Waals surface area contributed by atoms with E-state index in [1.807, 2.05) is 24.3 Å². The Morgan fingerprint density at radius 1 is 0.625 bits per heavy atom. The van der Waals surface area contributed by atoms with Gasteiger partial charge in [-0.05, 0) is 37.1 Å². The summed E-state index contributed by atoms with van der Waals surface area (Å²) in [6.07, 6.45) is 4.78. The third-order valence-corrected chi connectivity index (χ3v) is 4.86. The zero-order valence-corrected chi connectivity index (χ0v) is 13.6. The van der Waals surface area contributed by atoms with Crippen LogP contribution in [0.2, 0.25) is 0 Å². The zero-order chi connectivity index (χ0) is 16.5. The highest BCUT2D eigenvalue weighted by Gasteiger charge is 2.37. The molecule has 1 saturated heterocycles. The van der Waals surface area contributed by atoms with Crippen LogP contribution in [-0.2, 0) is 0 Å². The Bertz CT molecular complexity index is 757. The molecule has 4 rings (SSSR count). The minimum absolute atomic E-state index is 0.224. The van der Waals surface area contributed by atoms with E-state index in [1.165, 1.54) is 17.7 Å². The summed E-state index contributed by atoms with van der Waals surface area (Å²) in [6.45, 7) is 1.94. The second kappa shape index (κ2) is 6.11. The number of para-hydroxylation sites is 2. The van der Waals surface area contributed by atoms with Crippen molar-refractivity contribution in [3.05, 3.63) is 59.7 Å². The first kappa shape index (κ1) is 14.9. The highest BCUT2D eigenvalue weighted by Crippen LogP contribution is 2.36. The maximum atomic E-state index is 12.8. The largest absolute Gasteiger partial charge is 0.370 e. The monoisotopic (exact) mass is 320 g/mol. The average molecular weight is 320 g/mol. The molecule has 0 spiro atoms. The van der Waals surface area contributed by atoms with Crippen LogP contribution in [0.4, 0.5) is 11.4 Å². The van der Waals surface area contributed by atoms with Gasteiger partial charge in [-0.2, -0.15) is 0 Å². The number of fused-ring (bicyclic) bond motifs is 1. The van der Waals surface area contributed by atoms with Crippen LogP contribution in [0.3, 0.4) is 0 Å². The summed E-state index contributed by atoms with van der Waals surface area (Å²) in [5.74, 6) is -0.448. The molecule has 4 heteroatoms. The van der Waals surface area contributed by atoms with E-state index in [1.54, 1.807) is 24.3 Å². The van der Waals surface area contributed by atoms with Crippen LogP contribution in [0.25, 0.3) is 0 Å². The lowest BCUT2D eigenvalue weighted by Gasteiger charge is -2.28. The molecular formula is C20H20N2O2. The number of hydrogen-bond donors (Lipinski definition) is 0. The first-order chi connectivity index (χ1) is 11.8. The summed E-state index contributed by atoms with van der Waals surface area (Å²) in [5, 5.41) is 0. The molecule has 1 fully saturated rings. The molecule has 0 bridgehead atoms. The standard InChI is InChI=1S/C20H20N2O2/c23-19-15-9-3-4-10-16(15)20(24)22(19)18-12-6-5-11-17(18)21-13-7-1-2-8-14-21/h3-6,9-12H,1-2,7-8,13-14H2. The van der Waals surface area contributed by atoms with Crippen molar-refractivity contribution in [2.24, 2.45) is 0 Å². The van der Waals surface area contributed by atoms with Gasteiger partial charge in [0.2, 0.25) is 0 Å². The molecule has 2 aromatic rings. The molecule has 4 nitrogen and oxygen atoms in total. The number of carbonyl (C=O) groups excluding carboxylic acids is 2. The number of hydrogen-bond acceptors (Lipinski definition) is 3. The molecule has 24 heavy (non-hydrogen) atoms. The zero-order valence-electron chi connectivity index (χ0n) is 13.6. The van der Waals surface area contributed by atoms with Gasteiger partial charge in [0.1, 0.15) is 0 Å². The third-order valence-electron chi connectivity index (χ3n) is 4.86. The van der Waals surface area contributed by atoms with Gasteiger partial charge in [-0.3, -0.25) is 9.59 Å². The second-order valence-electron chi connectivity index (χ2n) is 6.38.